The lowest BCUT2D eigenvalue weighted by atomic mass is 10.0. The highest BCUT2D eigenvalue weighted by atomic mass is 79.9. The molecule has 0 radical (unpaired) electrons. The standard InChI is InChI=1S/C12H15BrFNO3S/c13-9-3-4-11(10(14)7-9)19(17,18)15-8-12(16)5-1-2-6-12/h3-4,7,15-16H,1-2,5-6,8H2. The van der Waals surface area contributed by atoms with Crippen molar-refractivity contribution in [3.8, 4) is 0 Å². The van der Waals surface area contributed by atoms with Gasteiger partial charge in [-0.15, -0.1) is 0 Å². The Labute approximate surface area is 120 Å². The molecule has 0 bridgehead atoms. The molecule has 1 aromatic rings. The van der Waals surface area contributed by atoms with Crippen molar-refractivity contribution in [2.24, 2.45) is 0 Å². The van der Waals surface area contributed by atoms with Gasteiger partial charge in [0.2, 0.25) is 10.0 Å². The van der Waals surface area contributed by atoms with Gasteiger partial charge in [-0.25, -0.2) is 17.5 Å². The Kier molecular flexibility index (Phi) is 4.29. The van der Waals surface area contributed by atoms with Crippen molar-refractivity contribution in [2.75, 3.05) is 6.54 Å². The molecule has 0 heterocycles. The number of hydrogen-bond acceptors (Lipinski definition) is 3. The van der Waals surface area contributed by atoms with Crippen molar-refractivity contribution in [3.05, 3.63) is 28.5 Å². The molecule has 1 fully saturated rings. The number of benzene rings is 1. The van der Waals surface area contributed by atoms with Gasteiger partial charge in [0.1, 0.15) is 10.7 Å². The van der Waals surface area contributed by atoms with E-state index in [4.69, 9.17) is 0 Å². The molecule has 0 atom stereocenters. The Morgan fingerprint density at radius 2 is 2.00 bits per heavy atom. The van der Waals surface area contributed by atoms with Crippen LogP contribution in [0.15, 0.2) is 27.6 Å². The van der Waals surface area contributed by atoms with Gasteiger partial charge in [-0.1, -0.05) is 28.8 Å². The zero-order valence-corrected chi connectivity index (χ0v) is 12.6. The molecule has 1 aliphatic carbocycles. The predicted octanol–water partition coefficient (Wildman–Crippen LogP) is 2.17. The second kappa shape index (κ2) is 5.47. The molecule has 0 unspecified atom stereocenters. The topological polar surface area (TPSA) is 66.4 Å². The lowest BCUT2D eigenvalue weighted by molar-refractivity contribution is 0.0531. The van der Waals surface area contributed by atoms with Gasteiger partial charge in [-0.2, -0.15) is 0 Å². The van der Waals surface area contributed by atoms with E-state index < -0.39 is 26.3 Å². The first kappa shape index (κ1) is 14.9. The van der Waals surface area contributed by atoms with Crippen LogP contribution in [-0.4, -0.2) is 25.7 Å². The van der Waals surface area contributed by atoms with Crippen molar-refractivity contribution >= 4 is 26.0 Å². The van der Waals surface area contributed by atoms with Crippen molar-refractivity contribution in [3.63, 3.8) is 0 Å². The van der Waals surface area contributed by atoms with Crippen LogP contribution in [0.25, 0.3) is 0 Å². The molecule has 2 N–H and O–H groups in total. The van der Waals surface area contributed by atoms with Crippen molar-refractivity contribution in [2.45, 2.75) is 36.2 Å². The average molecular weight is 352 g/mol. The summed E-state index contributed by atoms with van der Waals surface area (Å²) < 4.78 is 40.4. The predicted molar refractivity (Wildman–Crippen MR) is 72.7 cm³/mol. The van der Waals surface area contributed by atoms with Crippen LogP contribution in [0.4, 0.5) is 4.39 Å². The molecule has 1 saturated carbocycles. The SMILES string of the molecule is O=S(=O)(NCC1(O)CCCC1)c1ccc(Br)cc1F. The molecule has 1 aromatic carbocycles. The van der Waals surface area contributed by atoms with Gasteiger partial charge in [0.05, 0.1) is 5.60 Å². The molecule has 7 heteroatoms. The van der Waals surface area contributed by atoms with Crippen LogP contribution in [0.2, 0.25) is 0 Å². The van der Waals surface area contributed by atoms with Gasteiger partial charge in [0.25, 0.3) is 0 Å². The van der Waals surface area contributed by atoms with Crippen LogP contribution in [0.3, 0.4) is 0 Å². The van der Waals surface area contributed by atoms with Crippen LogP contribution in [-0.2, 0) is 10.0 Å². The third kappa shape index (κ3) is 3.53. The van der Waals surface area contributed by atoms with E-state index in [2.05, 4.69) is 20.7 Å². The highest BCUT2D eigenvalue weighted by Gasteiger charge is 2.33. The van der Waals surface area contributed by atoms with Gasteiger partial charge >= 0.3 is 0 Å². The maximum atomic E-state index is 13.6. The molecule has 0 saturated heterocycles. The van der Waals surface area contributed by atoms with E-state index in [-0.39, 0.29) is 6.54 Å². The lowest BCUT2D eigenvalue weighted by Crippen LogP contribution is -2.40. The summed E-state index contributed by atoms with van der Waals surface area (Å²) in [5, 5.41) is 10.1. The minimum atomic E-state index is -3.94. The summed E-state index contributed by atoms with van der Waals surface area (Å²) in [7, 11) is -3.94. The number of hydrogen-bond donors (Lipinski definition) is 2. The minimum absolute atomic E-state index is 0.0785. The number of aliphatic hydroxyl groups is 1. The molecule has 0 amide bonds. The number of rotatable bonds is 4. The van der Waals surface area contributed by atoms with E-state index in [1.54, 1.807) is 0 Å². The summed E-state index contributed by atoms with van der Waals surface area (Å²) in [4.78, 5) is -0.405. The summed E-state index contributed by atoms with van der Waals surface area (Å²) in [6.45, 7) is -0.0785. The highest BCUT2D eigenvalue weighted by Crippen LogP contribution is 2.29. The first-order valence-corrected chi connectivity index (χ1v) is 8.27. The van der Waals surface area contributed by atoms with Crippen molar-refractivity contribution < 1.29 is 17.9 Å². The molecule has 0 aromatic heterocycles. The zero-order valence-electron chi connectivity index (χ0n) is 10.2. The summed E-state index contributed by atoms with van der Waals surface area (Å²) in [5.74, 6) is -0.819. The third-order valence-electron chi connectivity index (χ3n) is 3.31. The Hall–Kier alpha value is -0.500. The fourth-order valence-electron chi connectivity index (χ4n) is 2.21. The second-order valence-electron chi connectivity index (χ2n) is 4.83. The lowest BCUT2D eigenvalue weighted by Gasteiger charge is -2.22. The van der Waals surface area contributed by atoms with Crippen molar-refractivity contribution in [1.82, 2.24) is 4.72 Å². The van der Waals surface area contributed by atoms with Gasteiger partial charge in [-0.3, -0.25) is 0 Å². The van der Waals surface area contributed by atoms with Crippen LogP contribution >= 0.6 is 15.9 Å². The summed E-state index contributed by atoms with van der Waals surface area (Å²) in [6, 6.07) is 3.75. The molecule has 0 spiro atoms. The second-order valence-corrected chi connectivity index (χ2v) is 7.48. The maximum Gasteiger partial charge on any atom is 0.243 e. The first-order chi connectivity index (χ1) is 8.82. The van der Waals surface area contributed by atoms with Crippen molar-refractivity contribution in [1.29, 1.82) is 0 Å². The molecular weight excluding hydrogens is 337 g/mol. The van der Waals surface area contributed by atoms with E-state index in [0.29, 0.717) is 17.3 Å². The van der Waals surface area contributed by atoms with Crippen LogP contribution in [0.1, 0.15) is 25.7 Å². The third-order valence-corrected chi connectivity index (χ3v) is 5.24. The molecule has 1 aliphatic rings. The van der Waals surface area contributed by atoms with Gasteiger partial charge in [-0.05, 0) is 31.0 Å². The fourth-order valence-corrected chi connectivity index (χ4v) is 3.72. The van der Waals surface area contributed by atoms with Crippen LogP contribution in [0.5, 0.6) is 0 Å². The van der Waals surface area contributed by atoms with Crippen LogP contribution in [0, 0.1) is 5.82 Å². The number of halogens is 2. The molecule has 0 aliphatic heterocycles. The van der Waals surface area contributed by atoms with E-state index in [1.165, 1.54) is 12.1 Å². The molecule has 106 valence electrons. The number of nitrogens with one attached hydrogen (secondary N) is 1. The van der Waals surface area contributed by atoms with Gasteiger partial charge in [0, 0.05) is 11.0 Å². The van der Waals surface area contributed by atoms with Gasteiger partial charge < -0.3 is 5.11 Å². The number of sulfonamides is 1. The smallest absolute Gasteiger partial charge is 0.243 e. The summed E-state index contributed by atoms with van der Waals surface area (Å²) in [5.41, 5.74) is -1.00. The maximum absolute atomic E-state index is 13.6. The van der Waals surface area contributed by atoms with Gasteiger partial charge in [0.15, 0.2) is 0 Å². The molecule has 19 heavy (non-hydrogen) atoms. The Balaban J connectivity index is 2.14. The highest BCUT2D eigenvalue weighted by molar-refractivity contribution is 9.10. The largest absolute Gasteiger partial charge is 0.389 e. The van der Waals surface area contributed by atoms with Crippen LogP contribution < -0.4 is 4.72 Å². The normalized spacial score (nSPS) is 18.7. The Morgan fingerprint density at radius 3 is 2.58 bits per heavy atom. The van der Waals surface area contributed by atoms with E-state index in [9.17, 15) is 17.9 Å². The fraction of sp³-hybridized carbons (Fsp3) is 0.500. The quantitative estimate of drug-likeness (QED) is 0.873. The van der Waals surface area contributed by atoms with E-state index in [1.807, 2.05) is 0 Å². The minimum Gasteiger partial charge on any atom is -0.389 e. The summed E-state index contributed by atoms with van der Waals surface area (Å²) in [6.07, 6.45) is 2.90. The molecular formula is C12H15BrFNO3S. The summed E-state index contributed by atoms with van der Waals surface area (Å²) >= 11 is 3.07. The Bertz CT molecular complexity index is 570. The Morgan fingerprint density at radius 1 is 1.37 bits per heavy atom. The van der Waals surface area contributed by atoms with E-state index >= 15 is 0 Å². The monoisotopic (exact) mass is 351 g/mol. The van der Waals surface area contributed by atoms with E-state index in [0.717, 1.165) is 18.9 Å². The first-order valence-electron chi connectivity index (χ1n) is 6.00. The average Bonchev–Trinajstić information content (AvgIpc) is 2.74. The molecule has 2 rings (SSSR count). The molecule has 4 nitrogen and oxygen atoms in total. The zero-order chi connectivity index (χ0) is 14.1.